The molecule has 6 heteroatoms. The molecule has 5 nitrogen and oxygen atoms in total. The summed E-state index contributed by atoms with van der Waals surface area (Å²) in [7, 11) is 3.49. The molecule has 1 aromatic heterocycles. The van der Waals surface area contributed by atoms with E-state index in [1.807, 2.05) is 5.38 Å². The fraction of sp³-hybridized carbons (Fsp3) is 0.571. The summed E-state index contributed by atoms with van der Waals surface area (Å²) in [5, 5.41) is 10.5. The second-order valence-corrected chi connectivity index (χ2v) is 5.67. The van der Waals surface area contributed by atoms with E-state index in [1.54, 1.807) is 30.3 Å². The van der Waals surface area contributed by atoms with Crippen LogP contribution in [0.2, 0.25) is 0 Å². The fourth-order valence-corrected chi connectivity index (χ4v) is 2.02. The van der Waals surface area contributed by atoms with Crippen LogP contribution in [0.25, 0.3) is 0 Å². The summed E-state index contributed by atoms with van der Waals surface area (Å²) >= 11 is 1.66. The summed E-state index contributed by atoms with van der Waals surface area (Å²) in [5.41, 5.74) is 1.18. The van der Waals surface area contributed by atoms with Crippen LogP contribution in [0, 0.1) is 0 Å². The van der Waals surface area contributed by atoms with Gasteiger partial charge < -0.3 is 15.5 Å². The van der Waals surface area contributed by atoms with Crippen LogP contribution < -0.4 is 10.6 Å². The molecule has 1 aromatic rings. The van der Waals surface area contributed by atoms with Crippen molar-refractivity contribution in [2.24, 2.45) is 4.99 Å². The molecule has 1 unspecified atom stereocenters. The zero-order valence-electron chi connectivity index (χ0n) is 12.6. The van der Waals surface area contributed by atoms with E-state index in [2.05, 4.69) is 40.9 Å². The van der Waals surface area contributed by atoms with Gasteiger partial charge in [0.1, 0.15) is 0 Å². The van der Waals surface area contributed by atoms with Gasteiger partial charge in [-0.2, -0.15) is 11.3 Å². The summed E-state index contributed by atoms with van der Waals surface area (Å²) < 4.78 is 0. The van der Waals surface area contributed by atoms with Gasteiger partial charge in [-0.1, -0.05) is 6.92 Å². The predicted molar refractivity (Wildman–Crippen MR) is 85.0 cm³/mol. The first-order valence-corrected chi connectivity index (χ1v) is 7.73. The summed E-state index contributed by atoms with van der Waals surface area (Å²) in [6, 6.07) is 2.37. The summed E-state index contributed by atoms with van der Waals surface area (Å²) in [4.78, 5) is 17.7. The van der Waals surface area contributed by atoms with Gasteiger partial charge in [-0.25, -0.2) is 4.99 Å². The highest BCUT2D eigenvalue weighted by Crippen LogP contribution is 2.06. The van der Waals surface area contributed by atoms with Crippen LogP contribution in [0.15, 0.2) is 21.8 Å². The number of hydrogen-bond acceptors (Lipinski definition) is 3. The van der Waals surface area contributed by atoms with Crippen molar-refractivity contribution in [3.63, 3.8) is 0 Å². The minimum Gasteiger partial charge on any atom is -0.354 e. The van der Waals surface area contributed by atoms with Crippen molar-refractivity contribution >= 4 is 23.2 Å². The third-order valence-electron chi connectivity index (χ3n) is 2.90. The molecule has 0 radical (unpaired) electrons. The predicted octanol–water partition coefficient (Wildman–Crippen LogP) is 1.67. The number of rotatable bonds is 6. The van der Waals surface area contributed by atoms with Gasteiger partial charge in [-0.05, 0) is 35.7 Å². The van der Waals surface area contributed by atoms with Crippen molar-refractivity contribution in [1.82, 2.24) is 15.5 Å². The second-order valence-electron chi connectivity index (χ2n) is 4.89. The Labute approximate surface area is 125 Å². The lowest BCUT2D eigenvalue weighted by atomic mass is 10.3. The summed E-state index contributed by atoms with van der Waals surface area (Å²) in [5.74, 6) is 0.708. The van der Waals surface area contributed by atoms with Crippen molar-refractivity contribution in [2.75, 3.05) is 20.6 Å². The molecule has 1 heterocycles. The Morgan fingerprint density at radius 2 is 2.25 bits per heavy atom. The highest BCUT2D eigenvalue weighted by Gasteiger charge is 2.07. The Hall–Kier alpha value is -1.56. The van der Waals surface area contributed by atoms with E-state index in [0.717, 1.165) is 6.42 Å². The number of carbonyl (C=O) groups excluding carboxylic acids is 1. The van der Waals surface area contributed by atoms with Crippen molar-refractivity contribution in [1.29, 1.82) is 0 Å². The molecule has 0 aliphatic carbocycles. The maximum absolute atomic E-state index is 11.6. The lowest BCUT2D eigenvalue weighted by Crippen LogP contribution is -2.45. The van der Waals surface area contributed by atoms with Crippen LogP contribution in [0.3, 0.4) is 0 Å². The number of hydrogen-bond donors (Lipinski definition) is 2. The Kier molecular flexibility index (Phi) is 7.08. The minimum atomic E-state index is 0.0270. The first-order valence-electron chi connectivity index (χ1n) is 6.79. The van der Waals surface area contributed by atoms with Gasteiger partial charge in [0.2, 0.25) is 5.91 Å². The molecule has 0 saturated carbocycles. The molecule has 1 atom stereocenters. The van der Waals surface area contributed by atoms with Crippen LogP contribution in [0.4, 0.5) is 0 Å². The third-order valence-corrected chi connectivity index (χ3v) is 3.63. The molecular formula is C14H24N4OS. The third kappa shape index (κ3) is 6.06. The topological polar surface area (TPSA) is 56.7 Å². The van der Waals surface area contributed by atoms with Gasteiger partial charge in [0.15, 0.2) is 5.96 Å². The molecule has 1 amide bonds. The fourth-order valence-electron chi connectivity index (χ4n) is 1.36. The number of aliphatic imine (C=N–C) groups is 1. The van der Waals surface area contributed by atoms with Crippen LogP contribution >= 0.6 is 11.3 Å². The van der Waals surface area contributed by atoms with E-state index in [-0.39, 0.29) is 12.5 Å². The lowest BCUT2D eigenvalue weighted by molar-refractivity contribution is -0.127. The second kappa shape index (κ2) is 8.58. The minimum absolute atomic E-state index is 0.0270. The number of thiophene rings is 1. The van der Waals surface area contributed by atoms with Crippen LogP contribution in [-0.4, -0.2) is 43.4 Å². The van der Waals surface area contributed by atoms with Gasteiger partial charge >= 0.3 is 0 Å². The molecular weight excluding hydrogens is 272 g/mol. The molecule has 0 aliphatic heterocycles. The maximum Gasteiger partial charge on any atom is 0.241 e. The summed E-state index contributed by atoms with van der Waals surface area (Å²) in [6.45, 7) is 5.07. The average molecular weight is 296 g/mol. The number of guanidine groups is 1. The average Bonchev–Trinajstić information content (AvgIpc) is 2.94. The van der Waals surface area contributed by atoms with Crippen molar-refractivity contribution in [2.45, 2.75) is 32.9 Å². The quantitative estimate of drug-likeness (QED) is 0.620. The number of amides is 1. The molecule has 0 aliphatic rings. The van der Waals surface area contributed by atoms with Crippen molar-refractivity contribution in [3.8, 4) is 0 Å². The first kappa shape index (κ1) is 16.5. The molecule has 0 spiro atoms. The molecule has 2 N–H and O–H groups in total. The lowest BCUT2D eigenvalue weighted by Gasteiger charge is -2.18. The van der Waals surface area contributed by atoms with E-state index >= 15 is 0 Å². The largest absolute Gasteiger partial charge is 0.354 e. The maximum atomic E-state index is 11.6. The SMILES string of the molecule is CCC(C)NC(=NCc1ccsc1)NCC(=O)N(C)C. The Bertz CT molecular complexity index is 428. The van der Waals surface area contributed by atoms with Crippen LogP contribution in [0.5, 0.6) is 0 Å². The number of carbonyl (C=O) groups is 1. The van der Waals surface area contributed by atoms with Crippen LogP contribution in [-0.2, 0) is 11.3 Å². The highest BCUT2D eigenvalue weighted by atomic mass is 32.1. The van der Waals surface area contributed by atoms with Crippen molar-refractivity contribution < 1.29 is 4.79 Å². The zero-order chi connectivity index (χ0) is 15.0. The molecule has 1 rings (SSSR count). The van der Waals surface area contributed by atoms with Crippen molar-refractivity contribution in [3.05, 3.63) is 22.4 Å². The molecule has 0 saturated heterocycles. The first-order chi connectivity index (χ1) is 9.52. The smallest absolute Gasteiger partial charge is 0.241 e. The van der Waals surface area contributed by atoms with E-state index in [9.17, 15) is 4.79 Å². The normalized spacial score (nSPS) is 12.9. The molecule has 112 valence electrons. The molecule has 20 heavy (non-hydrogen) atoms. The van der Waals surface area contributed by atoms with E-state index in [4.69, 9.17) is 0 Å². The van der Waals surface area contributed by atoms with Crippen LogP contribution in [0.1, 0.15) is 25.8 Å². The summed E-state index contributed by atoms with van der Waals surface area (Å²) in [6.07, 6.45) is 1.00. The highest BCUT2D eigenvalue weighted by molar-refractivity contribution is 7.07. The monoisotopic (exact) mass is 296 g/mol. The molecule has 0 bridgehead atoms. The number of likely N-dealkylation sites (N-methyl/N-ethyl adjacent to an activating group) is 1. The van der Waals surface area contributed by atoms with Gasteiger partial charge in [0.05, 0.1) is 13.1 Å². The zero-order valence-corrected chi connectivity index (χ0v) is 13.5. The standard InChI is InChI=1S/C14H24N4OS/c1-5-11(2)17-14(16-9-13(19)18(3)4)15-8-12-6-7-20-10-12/h6-7,10-11H,5,8-9H2,1-4H3,(H2,15,16,17). The van der Waals surface area contributed by atoms with E-state index in [0.29, 0.717) is 18.5 Å². The van der Waals surface area contributed by atoms with E-state index < -0.39 is 0 Å². The molecule has 0 fully saturated rings. The van der Waals surface area contributed by atoms with Gasteiger partial charge in [0, 0.05) is 20.1 Å². The Morgan fingerprint density at radius 1 is 1.50 bits per heavy atom. The van der Waals surface area contributed by atoms with E-state index in [1.165, 1.54) is 5.56 Å². The number of nitrogens with one attached hydrogen (secondary N) is 2. The Morgan fingerprint density at radius 3 is 2.80 bits per heavy atom. The van der Waals surface area contributed by atoms with Gasteiger partial charge in [-0.15, -0.1) is 0 Å². The number of nitrogens with zero attached hydrogens (tertiary/aromatic N) is 2. The molecule has 0 aromatic carbocycles. The Balaban J connectivity index is 2.59. The van der Waals surface area contributed by atoms with Gasteiger partial charge in [-0.3, -0.25) is 4.79 Å². The van der Waals surface area contributed by atoms with Gasteiger partial charge in [0.25, 0.3) is 0 Å².